The number of aromatic nitrogens is 2. The van der Waals surface area contributed by atoms with Gasteiger partial charge in [0.25, 0.3) is 5.91 Å². The highest BCUT2D eigenvalue weighted by atomic mass is 16.2. The van der Waals surface area contributed by atoms with Crippen LogP contribution in [0.15, 0.2) is 11.0 Å². The Hall–Kier alpha value is -2.09. The maximum atomic E-state index is 12.6. The number of likely N-dealkylation sites (N-methyl/N-ethyl adjacent to an activating group) is 1. The van der Waals surface area contributed by atoms with Gasteiger partial charge in [-0.05, 0) is 33.4 Å². The maximum absolute atomic E-state index is 12.6. The number of H-pyrrole nitrogens is 2. The summed E-state index contributed by atoms with van der Waals surface area (Å²) >= 11 is 0. The third kappa shape index (κ3) is 3.95. The molecule has 1 spiro atoms. The van der Waals surface area contributed by atoms with Gasteiger partial charge in [0.05, 0.1) is 0 Å². The van der Waals surface area contributed by atoms with Crippen LogP contribution >= 0.6 is 0 Å². The number of piperidine rings is 2. The van der Waals surface area contributed by atoms with Crippen molar-refractivity contribution in [3.63, 3.8) is 0 Å². The Bertz CT molecular complexity index is 694. The first-order valence-corrected chi connectivity index (χ1v) is 8.88. The Morgan fingerprint density at radius 1 is 1.28 bits per heavy atom. The number of imidazole rings is 1. The van der Waals surface area contributed by atoms with Gasteiger partial charge in [0.15, 0.2) is 0 Å². The third-order valence-electron chi connectivity index (χ3n) is 5.34. The second-order valence-corrected chi connectivity index (χ2v) is 7.61. The highest BCUT2D eigenvalue weighted by Gasteiger charge is 2.42. The van der Waals surface area contributed by atoms with Crippen LogP contribution in [0.5, 0.6) is 0 Å². The van der Waals surface area contributed by atoms with Gasteiger partial charge in [-0.15, -0.1) is 0 Å². The van der Waals surface area contributed by atoms with Gasteiger partial charge in [-0.25, -0.2) is 4.79 Å². The smallest absolute Gasteiger partial charge is 0.323 e. The molecule has 0 saturated carbocycles. The van der Waals surface area contributed by atoms with Gasteiger partial charge in [-0.1, -0.05) is 0 Å². The fraction of sp³-hybridized carbons (Fsp3) is 0.706. The van der Waals surface area contributed by atoms with Crippen LogP contribution in [-0.2, 0) is 4.79 Å². The molecule has 2 aliphatic heterocycles. The fourth-order valence-corrected chi connectivity index (χ4v) is 3.96. The Morgan fingerprint density at radius 3 is 2.76 bits per heavy atom. The van der Waals surface area contributed by atoms with Gasteiger partial charge in [0.2, 0.25) is 5.91 Å². The van der Waals surface area contributed by atoms with Gasteiger partial charge in [-0.2, -0.15) is 0 Å². The molecule has 25 heavy (non-hydrogen) atoms. The van der Waals surface area contributed by atoms with E-state index in [0.717, 1.165) is 32.4 Å². The van der Waals surface area contributed by atoms with Crippen molar-refractivity contribution in [3.05, 3.63) is 22.4 Å². The quantitative estimate of drug-likeness (QED) is 0.807. The molecule has 0 bridgehead atoms. The summed E-state index contributed by atoms with van der Waals surface area (Å²) in [7, 11) is 4.01. The topological polar surface area (TPSA) is 92.5 Å². The Kier molecular flexibility index (Phi) is 4.99. The number of aromatic amines is 2. The SMILES string of the molecule is CN(C)CCN1C[C@]2(CCCN(C(=O)c3c[nH]c(=O)[nH]3)C2)CCC1=O. The second-order valence-electron chi connectivity index (χ2n) is 7.61. The molecule has 8 nitrogen and oxygen atoms in total. The molecule has 2 fully saturated rings. The minimum Gasteiger partial charge on any atom is -0.341 e. The van der Waals surface area contributed by atoms with Gasteiger partial charge < -0.3 is 24.7 Å². The summed E-state index contributed by atoms with van der Waals surface area (Å²) in [5.41, 5.74) is -0.0864. The van der Waals surface area contributed by atoms with E-state index in [2.05, 4.69) is 14.9 Å². The molecule has 3 rings (SSSR count). The zero-order chi connectivity index (χ0) is 18.0. The van der Waals surface area contributed by atoms with Crippen LogP contribution in [-0.4, -0.2) is 83.3 Å². The number of likely N-dealkylation sites (tertiary alicyclic amines) is 2. The number of nitrogens with zero attached hydrogens (tertiary/aromatic N) is 3. The number of hydrogen-bond donors (Lipinski definition) is 2. The van der Waals surface area contributed by atoms with E-state index in [1.165, 1.54) is 6.20 Å². The Balaban J connectivity index is 1.69. The predicted molar refractivity (Wildman–Crippen MR) is 93.4 cm³/mol. The summed E-state index contributed by atoms with van der Waals surface area (Å²) in [5.74, 6) is 0.0695. The summed E-state index contributed by atoms with van der Waals surface area (Å²) in [6.45, 7) is 3.62. The van der Waals surface area contributed by atoms with Gasteiger partial charge >= 0.3 is 5.69 Å². The summed E-state index contributed by atoms with van der Waals surface area (Å²) in [6, 6.07) is 0. The molecule has 0 unspecified atom stereocenters. The van der Waals surface area contributed by atoms with E-state index in [9.17, 15) is 14.4 Å². The van der Waals surface area contributed by atoms with E-state index < -0.39 is 0 Å². The van der Waals surface area contributed by atoms with Crippen molar-refractivity contribution in [1.29, 1.82) is 0 Å². The lowest BCUT2D eigenvalue weighted by Gasteiger charge is -2.48. The number of hydrogen-bond acceptors (Lipinski definition) is 4. The number of rotatable bonds is 4. The first-order valence-electron chi connectivity index (χ1n) is 8.88. The van der Waals surface area contributed by atoms with Crippen LogP contribution in [0.25, 0.3) is 0 Å². The maximum Gasteiger partial charge on any atom is 0.323 e. The zero-order valence-corrected chi connectivity index (χ0v) is 15.0. The minimum absolute atomic E-state index is 0.0231. The second kappa shape index (κ2) is 7.03. The van der Waals surface area contributed by atoms with Gasteiger partial charge in [0, 0.05) is 50.8 Å². The average Bonchev–Trinajstić information content (AvgIpc) is 3.02. The normalized spacial score (nSPS) is 24.4. The van der Waals surface area contributed by atoms with Crippen LogP contribution < -0.4 is 5.69 Å². The third-order valence-corrected chi connectivity index (χ3v) is 5.34. The van der Waals surface area contributed by atoms with Gasteiger partial charge in [0.1, 0.15) is 5.69 Å². The van der Waals surface area contributed by atoms with E-state index in [1.807, 2.05) is 23.9 Å². The molecule has 2 N–H and O–H groups in total. The van der Waals surface area contributed by atoms with E-state index in [-0.39, 0.29) is 22.9 Å². The van der Waals surface area contributed by atoms with Crippen LogP contribution in [0.4, 0.5) is 0 Å². The van der Waals surface area contributed by atoms with Crippen LogP contribution in [0, 0.1) is 5.41 Å². The summed E-state index contributed by atoms with van der Waals surface area (Å²) in [4.78, 5) is 47.0. The molecule has 2 amide bonds. The highest BCUT2D eigenvalue weighted by molar-refractivity contribution is 5.92. The van der Waals surface area contributed by atoms with Crippen molar-refractivity contribution in [2.45, 2.75) is 25.7 Å². The van der Waals surface area contributed by atoms with Crippen molar-refractivity contribution in [1.82, 2.24) is 24.7 Å². The standard InChI is InChI=1S/C17H27N5O3/c1-20(2)8-9-21-11-17(6-4-14(21)23)5-3-7-22(12-17)15(24)13-10-18-16(25)19-13/h10H,3-9,11-12H2,1-2H3,(H2,18,19,25)/t17-/m0/s1. The van der Waals surface area contributed by atoms with Crippen molar-refractivity contribution in [3.8, 4) is 0 Å². The van der Waals surface area contributed by atoms with Crippen molar-refractivity contribution in [2.24, 2.45) is 5.41 Å². The first kappa shape index (κ1) is 17.7. The Morgan fingerprint density at radius 2 is 2.08 bits per heavy atom. The number of nitrogens with one attached hydrogen (secondary N) is 2. The van der Waals surface area contributed by atoms with E-state index >= 15 is 0 Å². The van der Waals surface area contributed by atoms with E-state index in [0.29, 0.717) is 31.7 Å². The molecule has 1 aromatic rings. The Labute approximate surface area is 147 Å². The molecule has 0 aliphatic carbocycles. The molecule has 1 aromatic heterocycles. The molecule has 138 valence electrons. The molecular formula is C17H27N5O3. The summed E-state index contributed by atoms with van der Waals surface area (Å²) < 4.78 is 0. The van der Waals surface area contributed by atoms with Crippen molar-refractivity contribution in [2.75, 3.05) is 46.8 Å². The molecular weight excluding hydrogens is 322 g/mol. The molecule has 3 heterocycles. The van der Waals surface area contributed by atoms with Crippen molar-refractivity contribution < 1.29 is 9.59 Å². The summed E-state index contributed by atoms with van der Waals surface area (Å²) in [6.07, 6.45) is 4.77. The minimum atomic E-state index is -0.367. The molecule has 1 atom stereocenters. The lowest BCUT2D eigenvalue weighted by molar-refractivity contribution is -0.139. The predicted octanol–water partition coefficient (Wildman–Crippen LogP) is 0.109. The summed E-state index contributed by atoms with van der Waals surface area (Å²) in [5, 5.41) is 0. The van der Waals surface area contributed by atoms with Crippen LogP contribution in [0.2, 0.25) is 0 Å². The molecule has 2 aliphatic rings. The van der Waals surface area contributed by atoms with Crippen molar-refractivity contribution >= 4 is 11.8 Å². The van der Waals surface area contributed by atoms with E-state index in [1.54, 1.807) is 0 Å². The largest absolute Gasteiger partial charge is 0.341 e. The highest BCUT2D eigenvalue weighted by Crippen LogP contribution is 2.39. The van der Waals surface area contributed by atoms with E-state index in [4.69, 9.17) is 0 Å². The van der Waals surface area contributed by atoms with Crippen LogP contribution in [0.3, 0.4) is 0 Å². The monoisotopic (exact) mass is 349 g/mol. The zero-order valence-electron chi connectivity index (χ0n) is 15.0. The molecule has 0 aromatic carbocycles. The molecule has 2 saturated heterocycles. The average molecular weight is 349 g/mol. The van der Waals surface area contributed by atoms with Gasteiger partial charge in [-0.3, -0.25) is 9.59 Å². The molecule has 8 heteroatoms. The number of carbonyl (C=O) groups excluding carboxylic acids is 2. The first-order chi connectivity index (χ1) is 11.9. The number of carbonyl (C=O) groups is 2. The molecule has 0 radical (unpaired) electrons. The van der Waals surface area contributed by atoms with Crippen LogP contribution in [0.1, 0.15) is 36.2 Å². The number of amides is 2. The lowest BCUT2D eigenvalue weighted by atomic mass is 9.73. The fourth-order valence-electron chi connectivity index (χ4n) is 3.96. The lowest BCUT2D eigenvalue weighted by Crippen LogP contribution is -2.55.